The Morgan fingerprint density at radius 3 is 2.50 bits per heavy atom. The van der Waals surface area contributed by atoms with E-state index in [2.05, 4.69) is 0 Å². The van der Waals surface area contributed by atoms with E-state index < -0.39 is 5.82 Å². The summed E-state index contributed by atoms with van der Waals surface area (Å²) < 4.78 is 13.3. The molecule has 0 unspecified atom stereocenters. The van der Waals surface area contributed by atoms with Crippen molar-refractivity contribution >= 4 is 11.3 Å². The summed E-state index contributed by atoms with van der Waals surface area (Å²) in [5, 5.41) is 17.6. The molecule has 2 aromatic rings. The van der Waals surface area contributed by atoms with Gasteiger partial charge in [-0.3, -0.25) is 0 Å². The Morgan fingerprint density at radius 2 is 1.88 bits per heavy atom. The summed E-state index contributed by atoms with van der Waals surface area (Å²) in [6.45, 7) is 0. The quantitative estimate of drug-likeness (QED) is 0.751. The van der Waals surface area contributed by atoms with Gasteiger partial charge >= 0.3 is 0 Å². The first-order valence-electron chi connectivity index (χ1n) is 4.45. The van der Waals surface area contributed by atoms with Gasteiger partial charge in [0.2, 0.25) is 0 Å². The molecule has 0 atom stereocenters. The van der Waals surface area contributed by atoms with Gasteiger partial charge < -0.3 is 0 Å². The zero-order chi connectivity index (χ0) is 11.5. The molecule has 0 aliphatic heterocycles. The van der Waals surface area contributed by atoms with Gasteiger partial charge in [0.1, 0.15) is 22.8 Å². The van der Waals surface area contributed by atoms with Gasteiger partial charge in [-0.05, 0) is 18.2 Å². The molecule has 4 heteroatoms. The maximum absolute atomic E-state index is 13.3. The van der Waals surface area contributed by atoms with Crippen molar-refractivity contribution in [3.8, 4) is 22.6 Å². The first-order valence-corrected chi connectivity index (χ1v) is 5.27. The van der Waals surface area contributed by atoms with E-state index >= 15 is 0 Å². The smallest absolute Gasteiger partial charge is 0.141 e. The highest BCUT2D eigenvalue weighted by molar-refractivity contribution is 7.16. The lowest BCUT2D eigenvalue weighted by Gasteiger charge is -2.00. The highest BCUT2D eigenvalue weighted by atomic mass is 32.1. The molecule has 1 heterocycles. The van der Waals surface area contributed by atoms with Crippen molar-refractivity contribution in [3.05, 3.63) is 46.6 Å². The second-order valence-corrected chi connectivity index (χ2v) is 4.13. The van der Waals surface area contributed by atoms with Crippen LogP contribution in [0.3, 0.4) is 0 Å². The van der Waals surface area contributed by atoms with Crippen LogP contribution in [0.1, 0.15) is 10.4 Å². The van der Waals surface area contributed by atoms with E-state index in [4.69, 9.17) is 10.5 Å². The third kappa shape index (κ3) is 1.67. The van der Waals surface area contributed by atoms with Crippen LogP contribution in [-0.2, 0) is 0 Å². The summed E-state index contributed by atoms with van der Waals surface area (Å²) in [6.07, 6.45) is 0. The third-order valence-corrected chi connectivity index (χ3v) is 3.13. The monoisotopic (exact) mass is 228 g/mol. The van der Waals surface area contributed by atoms with Crippen LogP contribution in [0.2, 0.25) is 0 Å². The van der Waals surface area contributed by atoms with Crippen molar-refractivity contribution in [2.45, 2.75) is 0 Å². The molecule has 0 aliphatic carbocycles. The molecule has 1 aromatic carbocycles. The van der Waals surface area contributed by atoms with E-state index in [0.717, 1.165) is 4.88 Å². The fraction of sp³-hybridized carbons (Fsp3) is 0. The van der Waals surface area contributed by atoms with Gasteiger partial charge in [-0.2, -0.15) is 10.5 Å². The van der Waals surface area contributed by atoms with E-state index in [-0.39, 0.29) is 5.56 Å². The predicted octanol–water partition coefficient (Wildman–Crippen LogP) is 3.30. The van der Waals surface area contributed by atoms with E-state index in [9.17, 15) is 4.39 Å². The second-order valence-electron chi connectivity index (χ2n) is 3.05. The van der Waals surface area contributed by atoms with Gasteiger partial charge in [0.05, 0.1) is 5.56 Å². The summed E-state index contributed by atoms with van der Waals surface area (Å²) in [5.74, 6) is -0.535. The molecule has 0 amide bonds. The van der Waals surface area contributed by atoms with Crippen molar-refractivity contribution in [1.82, 2.24) is 0 Å². The summed E-state index contributed by atoms with van der Waals surface area (Å²) in [7, 11) is 0. The Labute approximate surface area is 95.8 Å². The molecule has 0 fully saturated rings. The molecular formula is C12H5FN2S. The van der Waals surface area contributed by atoms with Crippen LogP contribution in [0.5, 0.6) is 0 Å². The summed E-state index contributed by atoms with van der Waals surface area (Å²) in [6, 6.07) is 11.7. The Kier molecular flexibility index (Phi) is 2.68. The minimum atomic E-state index is -0.535. The molecule has 0 saturated carbocycles. The highest BCUT2D eigenvalue weighted by Crippen LogP contribution is 2.31. The van der Waals surface area contributed by atoms with Crippen molar-refractivity contribution < 1.29 is 4.39 Å². The zero-order valence-electron chi connectivity index (χ0n) is 8.07. The van der Waals surface area contributed by atoms with E-state index in [1.165, 1.54) is 17.4 Å². The van der Waals surface area contributed by atoms with Crippen LogP contribution in [-0.4, -0.2) is 0 Å². The summed E-state index contributed by atoms with van der Waals surface area (Å²) in [5.41, 5.74) is 0.558. The lowest BCUT2D eigenvalue weighted by molar-refractivity contribution is 0.624. The van der Waals surface area contributed by atoms with Crippen molar-refractivity contribution in [2.24, 2.45) is 0 Å². The van der Waals surface area contributed by atoms with Gasteiger partial charge in [0.15, 0.2) is 0 Å². The molecule has 2 nitrogen and oxygen atoms in total. The topological polar surface area (TPSA) is 47.6 Å². The van der Waals surface area contributed by atoms with Gasteiger partial charge in [0, 0.05) is 10.4 Å². The van der Waals surface area contributed by atoms with Crippen LogP contribution in [0.4, 0.5) is 4.39 Å². The van der Waals surface area contributed by atoms with Gasteiger partial charge in [-0.15, -0.1) is 11.3 Å². The fourth-order valence-corrected chi connectivity index (χ4v) is 2.22. The molecular weight excluding hydrogens is 223 g/mol. The van der Waals surface area contributed by atoms with Gasteiger partial charge in [-0.1, -0.05) is 12.1 Å². The van der Waals surface area contributed by atoms with E-state index in [0.29, 0.717) is 10.4 Å². The zero-order valence-corrected chi connectivity index (χ0v) is 8.88. The fourth-order valence-electron chi connectivity index (χ4n) is 1.39. The van der Waals surface area contributed by atoms with Gasteiger partial charge in [0.25, 0.3) is 0 Å². The third-order valence-electron chi connectivity index (χ3n) is 2.11. The highest BCUT2D eigenvalue weighted by Gasteiger charge is 2.11. The van der Waals surface area contributed by atoms with Gasteiger partial charge in [-0.25, -0.2) is 4.39 Å². The normalized spacial score (nSPS) is 9.44. The first-order chi connectivity index (χ1) is 7.76. The maximum atomic E-state index is 13.3. The number of halogens is 1. The number of hydrogen-bond acceptors (Lipinski definition) is 3. The molecule has 0 saturated heterocycles. The Morgan fingerprint density at radius 1 is 1.06 bits per heavy atom. The van der Waals surface area contributed by atoms with Crippen LogP contribution < -0.4 is 0 Å². The number of rotatable bonds is 1. The number of benzene rings is 1. The molecule has 0 spiro atoms. The minimum Gasteiger partial charge on any atom is -0.206 e. The molecule has 1 aromatic heterocycles. The molecule has 0 N–H and O–H groups in total. The molecule has 0 radical (unpaired) electrons. The molecule has 2 rings (SSSR count). The average Bonchev–Trinajstić information content (AvgIpc) is 2.77. The number of thiophene rings is 1. The average molecular weight is 228 g/mol. The Balaban J connectivity index is 2.61. The van der Waals surface area contributed by atoms with Crippen molar-refractivity contribution in [3.63, 3.8) is 0 Å². The molecule has 0 bridgehead atoms. The minimum absolute atomic E-state index is 0.0221. The summed E-state index contributed by atoms with van der Waals surface area (Å²) in [4.78, 5) is 1.27. The lowest BCUT2D eigenvalue weighted by atomic mass is 10.1. The van der Waals surface area contributed by atoms with Crippen LogP contribution in [0.15, 0.2) is 30.3 Å². The lowest BCUT2D eigenvalue weighted by Crippen LogP contribution is -1.86. The Hall–Kier alpha value is -2.17. The largest absolute Gasteiger partial charge is 0.206 e. The molecule has 0 aliphatic rings. The SMILES string of the molecule is N#Cc1ccc(-c2cccc(F)c2C#N)s1. The first kappa shape index (κ1) is 10.4. The summed E-state index contributed by atoms with van der Waals surface area (Å²) >= 11 is 1.25. The Bertz CT molecular complexity index is 617. The second kappa shape index (κ2) is 4.14. The number of nitriles is 2. The number of nitrogens with zero attached hydrogens (tertiary/aromatic N) is 2. The van der Waals surface area contributed by atoms with Crippen LogP contribution in [0.25, 0.3) is 10.4 Å². The predicted molar refractivity (Wildman–Crippen MR) is 59.1 cm³/mol. The molecule has 76 valence electrons. The maximum Gasteiger partial charge on any atom is 0.141 e. The van der Waals surface area contributed by atoms with Crippen LogP contribution >= 0.6 is 11.3 Å². The van der Waals surface area contributed by atoms with Crippen LogP contribution in [0, 0.1) is 28.5 Å². The number of hydrogen-bond donors (Lipinski definition) is 0. The standard InChI is InChI=1S/C12H5FN2S/c13-11-3-1-2-9(10(11)7-15)12-5-4-8(6-14)16-12/h1-5H. The van der Waals surface area contributed by atoms with Crippen molar-refractivity contribution in [2.75, 3.05) is 0 Å². The van der Waals surface area contributed by atoms with E-state index in [1.54, 1.807) is 24.3 Å². The van der Waals surface area contributed by atoms with E-state index in [1.807, 2.05) is 12.1 Å². The molecule has 16 heavy (non-hydrogen) atoms. The van der Waals surface area contributed by atoms with Crippen molar-refractivity contribution in [1.29, 1.82) is 10.5 Å².